The summed E-state index contributed by atoms with van der Waals surface area (Å²) in [5.41, 5.74) is 3.37. The van der Waals surface area contributed by atoms with Gasteiger partial charge in [0, 0.05) is 11.3 Å². The first-order chi connectivity index (χ1) is 13.2. The molecule has 0 aliphatic rings. The van der Waals surface area contributed by atoms with E-state index in [9.17, 15) is 9.30 Å². The van der Waals surface area contributed by atoms with Gasteiger partial charge in [-0.15, -0.1) is 4.91 Å². The fourth-order valence-corrected chi connectivity index (χ4v) is 3.59. The molecule has 0 aliphatic carbocycles. The number of rotatable bonds is 6. The Balaban J connectivity index is 1.56. The van der Waals surface area contributed by atoms with Crippen molar-refractivity contribution >= 4 is 28.6 Å². The van der Waals surface area contributed by atoms with Gasteiger partial charge in [-0.05, 0) is 28.9 Å². The zero-order valence-electron chi connectivity index (χ0n) is 14.1. The predicted octanol–water partition coefficient (Wildman–Crippen LogP) is 4.70. The maximum atomic E-state index is 13.9. The lowest BCUT2D eigenvalue weighted by Crippen LogP contribution is -2.01. The van der Waals surface area contributed by atoms with E-state index in [-0.39, 0.29) is 5.82 Å². The molecular weight excluding hydrogens is 365 g/mol. The Morgan fingerprint density at radius 1 is 1.04 bits per heavy atom. The number of imidazole rings is 1. The van der Waals surface area contributed by atoms with Crippen LogP contribution >= 0.6 is 11.8 Å². The largest absolute Gasteiger partial charge is 0.311 e. The smallest absolute Gasteiger partial charge is 0.164 e. The molecule has 4 rings (SSSR count). The monoisotopic (exact) mass is 379 g/mol. The second-order valence-corrected chi connectivity index (χ2v) is 6.83. The average Bonchev–Trinajstić information content (AvgIpc) is 3.12. The van der Waals surface area contributed by atoms with E-state index in [4.69, 9.17) is 0 Å². The fraction of sp³-hybridized carbons (Fsp3) is 0.105. The van der Waals surface area contributed by atoms with Gasteiger partial charge in [0.2, 0.25) is 0 Å². The second-order valence-electron chi connectivity index (χ2n) is 5.86. The van der Waals surface area contributed by atoms with Crippen molar-refractivity contribution < 1.29 is 4.39 Å². The highest BCUT2D eigenvalue weighted by molar-refractivity contribution is 7.98. The van der Waals surface area contributed by atoms with Crippen LogP contribution in [0.1, 0.15) is 11.1 Å². The van der Waals surface area contributed by atoms with Gasteiger partial charge in [0.15, 0.2) is 5.65 Å². The van der Waals surface area contributed by atoms with E-state index in [0.717, 1.165) is 10.6 Å². The molecule has 4 aromatic rings. The predicted molar refractivity (Wildman–Crippen MR) is 102 cm³/mol. The van der Waals surface area contributed by atoms with Gasteiger partial charge in [0.25, 0.3) is 0 Å². The van der Waals surface area contributed by atoms with Gasteiger partial charge in [-0.2, -0.15) is 0 Å². The van der Waals surface area contributed by atoms with Crippen molar-refractivity contribution in [1.29, 1.82) is 0 Å². The summed E-state index contributed by atoms with van der Waals surface area (Å²) in [6, 6.07) is 13.7. The standard InChI is InChI=1S/C19H14FN5OS/c20-16-4-2-1-3-14(16)9-25-12-23-17-18(25)21-11-22-19(17)27-10-13-5-7-15(24-26)8-6-13/h1-8,11-12H,9-10H2. The summed E-state index contributed by atoms with van der Waals surface area (Å²) in [7, 11) is 0. The molecule has 0 bridgehead atoms. The van der Waals surface area contributed by atoms with Crippen molar-refractivity contribution in [2.45, 2.75) is 17.3 Å². The average molecular weight is 379 g/mol. The first-order valence-corrected chi connectivity index (χ1v) is 9.17. The van der Waals surface area contributed by atoms with Gasteiger partial charge in [-0.25, -0.2) is 19.3 Å². The molecule has 0 saturated heterocycles. The minimum atomic E-state index is -0.253. The topological polar surface area (TPSA) is 73.0 Å². The van der Waals surface area contributed by atoms with Crippen LogP contribution in [0.5, 0.6) is 0 Å². The van der Waals surface area contributed by atoms with Crippen LogP contribution in [-0.2, 0) is 12.3 Å². The fourth-order valence-electron chi connectivity index (χ4n) is 2.70. The molecule has 0 radical (unpaired) electrons. The Kier molecular flexibility index (Phi) is 4.88. The third-order valence-corrected chi connectivity index (χ3v) is 5.13. The van der Waals surface area contributed by atoms with Crippen LogP contribution in [0.25, 0.3) is 11.2 Å². The summed E-state index contributed by atoms with van der Waals surface area (Å²) in [5.74, 6) is 0.419. The first kappa shape index (κ1) is 17.3. The van der Waals surface area contributed by atoms with Crippen LogP contribution in [0.3, 0.4) is 0 Å². The van der Waals surface area contributed by atoms with Gasteiger partial charge in [0.05, 0.1) is 12.9 Å². The van der Waals surface area contributed by atoms with Crippen LogP contribution in [0.15, 0.2) is 71.4 Å². The summed E-state index contributed by atoms with van der Waals surface area (Å²) in [4.78, 5) is 23.6. The molecule has 0 unspecified atom stereocenters. The quantitative estimate of drug-likeness (QED) is 0.276. The number of hydrogen-bond donors (Lipinski definition) is 0. The number of aromatic nitrogens is 4. The van der Waals surface area contributed by atoms with Gasteiger partial charge in [-0.1, -0.05) is 42.1 Å². The molecule has 134 valence electrons. The molecule has 8 heteroatoms. The highest BCUT2D eigenvalue weighted by Crippen LogP contribution is 2.27. The number of fused-ring (bicyclic) bond motifs is 1. The van der Waals surface area contributed by atoms with Gasteiger partial charge < -0.3 is 4.57 Å². The number of nitroso groups, excluding NO2 is 1. The van der Waals surface area contributed by atoms with Crippen molar-refractivity contribution in [3.8, 4) is 0 Å². The van der Waals surface area contributed by atoms with Crippen molar-refractivity contribution in [3.63, 3.8) is 0 Å². The van der Waals surface area contributed by atoms with E-state index in [1.807, 2.05) is 16.7 Å². The third-order valence-electron chi connectivity index (χ3n) is 4.08. The van der Waals surface area contributed by atoms with Gasteiger partial charge in [0.1, 0.15) is 28.4 Å². The summed E-state index contributed by atoms with van der Waals surface area (Å²) in [5, 5.41) is 3.65. The summed E-state index contributed by atoms with van der Waals surface area (Å²) >= 11 is 1.53. The van der Waals surface area contributed by atoms with Crippen LogP contribution < -0.4 is 0 Å². The highest BCUT2D eigenvalue weighted by atomic mass is 32.2. The molecule has 2 aromatic heterocycles. The molecule has 0 saturated carbocycles. The highest BCUT2D eigenvalue weighted by Gasteiger charge is 2.12. The summed E-state index contributed by atoms with van der Waals surface area (Å²) < 4.78 is 15.7. The van der Waals surface area contributed by atoms with Crippen LogP contribution in [0.2, 0.25) is 0 Å². The Bertz CT molecular complexity index is 1100. The zero-order chi connectivity index (χ0) is 18.6. The van der Waals surface area contributed by atoms with E-state index < -0.39 is 0 Å². The zero-order valence-corrected chi connectivity index (χ0v) is 14.9. The Morgan fingerprint density at radius 2 is 1.85 bits per heavy atom. The lowest BCUT2D eigenvalue weighted by Gasteiger charge is -2.06. The Morgan fingerprint density at radius 3 is 2.63 bits per heavy atom. The molecule has 2 heterocycles. The lowest BCUT2D eigenvalue weighted by molar-refractivity contribution is 0.601. The molecular formula is C19H14FN5OS. The Labute approximate surface area is 158 Å². The molecule has 0 aliphatic heterocycles. The maximum absolute atomic E-state index is 13.9. The molecule has 0 spiro atoms. The number of hydrogen-bond acceptors (Lipinski definition) is 6. The minimum absolute atomic E-state index is 0.253. The molecule has 0 N–H and O–H groups in total. The van der Waals surface area contributed by atoms with Crippen LogP contribution in [-0.4, -0.2) is 19.5 Å². The molecule has 0 atom stereocenters. The molecule has 0 amide bonds. The number of benzene rings is 2. The van der Waals surface area contributed by atoms with E-state index in [0.29, 0.717) is 34.7 Å². The van der Waals surface area contributed by atoms with Crippen molar-refractivity contribution in [2.24, 2.45) is 5.18 Å². The normalized spacial score (nSPS) is 11.0. The van der Waals surface area contributed by atoms with E-state index in [1.165, 1.54) is 24.2 Å². The van der Waals surface area contributed by atoms with Crippen molar-refractivity contribution in [2.75, 3.05) is 0 Å². The number of halogens is 1. The second kappa shape index (κ2) is 7.63. The molecule has 27 heavy (non-hydrogen) atoms. The van der Waals surface area contributed by atoms with Crippen LogP contribution in [0.4, 0.5) is 10.1 Å². The van der Waals surface area contributed by atoms with Crippen LogP contribution in [0, 0.1) is 10.7 Å². The lowest BCUT2D eigenvalue weighted by atomic mass is 10.2. The molecule has 6 nitrogen and oxygen atoms in total. The molecule has 2 aromatic carbocycles. The van der Waals surface area contributed by atoms with Gasteiger partial charge >= 0.3 is 0 Å². The van der Waals surface area contributed by atoms with Crippen molar-refractivity contribution in [3.05, 3.63) is 83.0 Å². The SMILES string of the molecule is O=Nc1ccc(CSc2ncnc3c2ncn3Cc2ccccc2F)cc1. The third kappa shape index (κ3) is 3.70. The van der Waals surface area contributed by atoms with E-state index in [2.05, 4.69) is 20.1 Å². The van der Waals surface area contributed by atoms with E-state index in [1.54, 1.807) is 36.7 Å². The minimum Gasteiger partial charge on any atom is -0.311 e. The Hall–Kier alpha value is -3.13. The number of thioether (sulfide) groups is 1. The van der Waals surface area contributed by atoms with Crippen molar-refractivity contribution in [1.82, 2.24) is 19.5 Å². The number of nitrogens with zero attached hydrogens (tertiary/aromatic N) is 5. The summed E-state index contributed by atoms with van der Waals surface area (Å²) in [6.07, 6.45) is 3.14. The summed E-state index contributed by atoms with van der Waals surface area (Å²) in [6.45, 7) is 0.352. The first-order valence-electron chi connectivity index (χ1n) is 8.19. The van der Waals surface area contributed by atoms with E-state index >= 15 is 0 Å². The molecule has 0 fully saturated rings. The maximum Gasteiger partial charge on any atom is 0.164 e. The van der Waals surface area contributed by atoms with Gasteiger partial charge in [-0.3, -0.25) is 0 Å².